The molecule has 1 N–H and O–H groups in total. The maximum absolute atomic E-state index is 8.54. The van der Waals surface area contributed by atoms with E-state index in [2.05, 4.69) is 142 Å². The molecule has 8 rings (SSSR count). The van der Waals surface area contributed by atoms with Gasteiger partial charge >= 0.3 is 0 Å². The second kappa shape index (κ2) is 12.6. The maximum atomic E-state index is 8.54. The molecular weight excluding hydrogens is 611 g/mol. The van der Waals surface area contributed by atoms with Crippen molar-refractivity contribution in [2.24, 2.45) is 0 Å². The average Bonchev–Trinajstić information content (AvgIpc) is 3.51. The Kier molecular flexibility index (Phi) is 7.87. The minimum Gasteiger partial charge on any atom is -0.301 e. The van der Waals surface area contributed by atoms with Crippen LogP contribution in [0.2, 0.25) is 0 Å². The Labute approximate surface area is 291 Å². The molecule has 0 fully saturated rings. The summed E-state index contributed by atoms with van der Waals surface area (Å²) in [4.78, 5) is 0. The van der Waals surface area contributed by atoms with Gasteiger partial charge in [0.25, 0.3) is 0 Å². The van der Waals surface area contributed by atoms with E-state index in [4.69, 9.17) is 5.41 Å². The molecule has 1 heterocycles. The van der Waals surface area contributed by atoms with Crippen LogP contribution in [0.3, 0.4) is 0 Å². The fraction of sp³-hybridized carbons (Fsp3) is 0.0426. The topological polar surface area (TPSA) is 23.9 Å². The first kappa shape index (κ1) is 30.5. The SMILES string of the molecule is C=C/C=C\c1ccc(/C=C\C(=N)/C=C/c2ccc3c(c2)sc2cc(-c4ccc5c6ccccc6c6ccccc6c5c4)ccc23)c(C)c1C. The third-order valence-corrected chi connectivity index (χ3v) is 10.9. The highest BCUT2D eigenvalue weighted by atomic mass is 32.1. The smallest absolute Gasteiger partial charge is 0.0540 e. The van der Waals surface area contributed by atoms with Crippen molar-refractivity contribution in [2.45, 2.75) is 13.8 Å². The van der Waals surface area contributed by atoms with Gasteiger partial charge in [0.2, 0.25) is 0 Å². The highest BCUT2D eigenvalue weighted by Crippen LogP contribution is 2.40. The number of nitrogens with one attached hydrogen (secondary N) is 1. The molecule has 1 aromatic heterocycles. The Morgan fingerprint density at radius 3 is 1.69 bits per heavy atom. The van der Waals surface area contributed by atoms with Gasteiger partial charge in [-0.1, -0.05) is 134 Å². The third kappa shape index (κ3) is 5.61. The fourth-order valence-electron chi connectivity index (χ4n) is 6.98. The van der Waals surface area contributed by atoms with Gasteiger partial charge in [-0.25, -0.2) is 0 Å². The molecule has 2 heteroatoms. The zero-order valence-corrected chi connectivity index (χ0v) is 28.4. The summed E-state index contributed by atoms with van der Waals surface area (Å²) in [5.41, 5.74) is 8.80. The summed E-state index contributed by atoms with van der Waals surface area (Å²) in [6.45, 7) is 8.04. The Hall–Kier alpha value is -5.83. The zero-order valence-electron chi connectivity index (χ0n) is 27.6. The molecule has 0 aliphatic heterocycles. The van der Waals surface area contributed by atoms with Crippen molar-refractivity contribution in [3.8, 4) is 11.1 Å². The van der Waals surface area contributed by atoms with Crippen molar-refractivity contribution in [3.63, 3.8) is 0 Å². The summed E-state index contributed by atoms with van der Waals surface area (Å²) in [7, 11) is 0. The van der Waals surface area contributed by atoms with Gasteiger partial charge in [-0.2, -0.15) is 0 Å². The summed E-state index contributed by atoms with van der Waals surface area (Å²) < 4.78 is 2.54. The van der Waals surface area contributed by atoms with Crippen LogP contribution in [0, 0.1) is 19.3 Å². The molecule has 49 heavy (non-hydrogen) atoms. The van der Waals surface area contributed by atoms with Crippen LogP contribution in [-0.2, 0) is 0 Å². The molecule has 0 bridgehead atoms. The molecule has 0 spiro atoms. The number of hydrogen-bond donors (Lipinski definition) is 1. The largest absolute Gasteiger partial charge is 0.301 e. The number of hydrogen-bond acceptors (Lipinski definition) is 2. The maximum Gasteiger partial charge on any atom is 0.0540 e. The van der Waals surface area contributed by atoms with E-state index in [-0.39, 0.29) is 0 Å². The fourth-order valence-corrected chi connectivity index (χ4v) is 8.17. The van der Waals surface area contributed by atoms with Gasteiger partial charge in [0.05, 0.1) is 5.71 Å². The molecule has 234 valence electrons. The summed E-state index contributed by atoms with van der Waals surface area (Å²) in [6, 6.07) is 42.1. The van der Waals surface area contributed by atoms with Crippen molar-refractivity contribution in [1.82, 2.24) is 0 Å². The molecule has 7 aromatic carbocycles. The van der Waals surface area contributed by atoms with E-state index in [9.17, 15) is 0 Å². The molecule has 8 aromatic rings. The molecule has 1 nitrogen and oxygen atoms in total. The highest BCUT2D eigenvalue weighted by molar-refractivity contribution is 7.25. The Balaban J connectivity index is 1.07. The van der Waals surface area contributed by atoms with Gasteiger partial charge in [0.15, 0.2) is 0 Å². The predicted molar refractivity (Wildman–Crippen MR) is 218 cm³/mol. The first-order valence-corrected chi connectivity index (χ1v) is 17.4. The van der Waals surface area contributed by atoms with E-state index in [1.807, 2.05) is 41.7 Å². The van der Waals surface area contributed by atoms with E-state index >= 15 is 0 Å². The van der Waals surface area contributed by atoms with Gasteiger partial charge in [0.1, 0.15) is 0 Å². The molecule has 0 atom stereocenters. The van der Waals surface area contributed by atoms with Crippen LogP contribution in [0.4, 0.5) is 0 Å². The minimum absolute atomic E-state index is 0.463. The third-order valence-electron chi connectivity index (χ3n) is 9.76. The second-order valence-electron chi connectivity index (χ2n) is 12.6. The van der Waals surface area contributed by atoms with Crippen LogP contribution in [0.15, 0.2) is 146 Å². The first-order chi connectivity index (χ1) is 24.0. The summed E-state index contributed by atoms with van der Waals surface area (Å²) in [6.07, 6.45) is 13.6. The lowest BCUT2D eigenvalue weighted by molar-refractivity contribution is 1.31. The van der Waals surface area contributed by atoms with Crippen LogP contribution in [-0.4, -0.2) is 5.71 Å². The Morgan fingerprint density at radius 2 is 1.04 bits per heavy atom. The Bertz CT molecular complexity index is 2680. The summed E-state index contributed by atoms with van der Waals surface area (Å²) >= 11 is 1.83. The number of allylic oxidation sites excluding steroid dienone is 4. The van der Waals surface area contributed by atoms with Crippen molar-refractivity contribution < 1.29 is 0 Å². The highest BCUT2D eigenvalue weighted by Gasteiger charge is 2.11. The summed E-state index contributed by atoms with van der Waals surface area (Å²) in [5, 5.41) is 18.9. The molecular formula is C47H35NS. The van der Waals surface area contributed by atoms with Gasteiger partial charge in [0, 0.05) is 20.2 Å². The van der Waals surface area contributed by atoms with E-state index in [0.29, 0.717) is 5.71 Å². The number of benzene rings is 7. The first-order valence-electron chi connectivity index (χ1n) is 16.6. The van der Waals surface area contributed by atoms with E-state index < -0.39 is 0 Å². The molecule has 0 amide bonds. The lowest BCUT2D eigenvalue weighted by atomic mass is 9.92. The van der Waals surface area contributed by atoms with E-state index in [1.165, 1.54) is 80.3 Å². The predicted octanol–water partition coefficient (Wildman–Crippen LogP) is 13.7. The lowest BCUT2D eigenvalue weighted by Gasteiger charge is -2.12. The van der Waals surface area contributed by atoms with Crippen molar-refractivity contribution >= 4 is 87.8 Å². The quantitative estimate of drug-likeness (QED) is 0.101. The van der Waals surface area contributed by atoms with Crippen molar-refractivity contribution in [1.29, 1.82) is 5.41 Å². The van der Waals surface area contributed by atoms with Crippen LogP contribution >= 0.6 is 11.3 Å². The van der Waals surface area contributed by atoms with Crippen LogP contribution in [0.5, 0.6) is 0 Å². The molecule has 0 saturated heterocycles. The van der Waals surface area contributed by atoms with Crippen LogP contribution in [0.25, 0.3) is 81.8 Å². The summed E-state index contributed by atoms with van der Waals surface area (Å²) in [5.74, 6) is 0. The van der Waals surface area contributed by atoms with Gasteiger partial charge in [-0.3, -0.25) is 0 Å². The molecule has 0 aliphatic rings. The number of thiophene rings is 1. The average molecular weight is 646 g/mol. The van der Waals surface area contributed by atoms with Gasteiger partial charge in [-0.05, 0) is 115 Å². The van der Waals surface area contributed by atoms with E-state index in [0.717, 1.165) is 11.1 Å². The van der Waals surface area contributed by atoms with Gasteiger partial charge < -0.3 is 5.41 Å². The standard InChI is InChI=1S/C47H35NS/c1-4-5-10-33-17-18-34(31(3)30(33)2)19-23-37(48)22-15-32-16-24-43-44-26-21-36(29-47(44)49-46(43)27-32)35-20-25-42-40-13-7-6-11-38(40)39-12-8-9-14-41(39)45(42)28-35/h4-29,48H,1H2,2-3H3/b10-5-,22-15+,23-19-,48-37?. The minimum atomic E-state index is 0.463. The Morgan fingerprint density at radius 1 is 0.531 bits per heavy atom. The van der Waals surface area contributed by atoms with Crippen molar-refractivity contribution in [3.05, 3.63) is 174 Å². The molecule has 0 saturated carbocycles. The monoisotopic (exact) mass is 645 g/mol. The van der Waals surface area contributed by atoms with Crippen LogP contribution in [0.1, 0.15) is 27.8 Å². The zero-order chi connectivity index (χ0) is 33.5. The number of rotatable bonds is 7. The number of fused-ring (bicyclic) bond motifs is 9. The normalized spacial score (nSPS) is 12.2. The van der Waals surface area contributed by atoms with Crippen molar-refractivity contribution in [2.75, 3.05) is 0 Å². The lowest BCUT2D eigenvalue weighted by Crippen LogP contribution is -1.91. The second-order valence-corrected chi connectivity index (χ2v) is 13.7. The molecule has 0 unspecified atom stereocenters. The van der Waals surface area contributed by atoms with Gasteiger partial charge in [-0.15, -0.1) is 11.3 Å². The van der Waals surface area contributed by atoms with Crippen LogP contribution < -0.4 is 0 Å². The van der Waals surface area contributed by atoms with E-state index in [1.54, 1.807) is 6.08 Å². The molecule has 0 aliphatic carbocycles. The molecule has 0 radical (unpaired) electrons.